The molecule has 1 aliphatic carbocycles. The van der Waals surface area contributed by atoms with E-state index in [0.29, 0.717) is 4.75 Å². The second-order valence-corrected chi connectivity index (χ2v) is 7.20. The number of hydrogen-bond acceptors (Lipinski definition) is 4. The van der Waals surface area contributed by atoms with Crippen molar-refractivity contribution in [3.63, 3.8) is 0 Å². The molecule has 1 aromatic heterocycles. The number of nitrogen functional groups attached to an aromatic ring is 1. The van der Waals surface area contributed by atoms with E-state index in [1.807, 2.05) is 24.0 Å². The lowest BCUT2D eigenvalue weighted by Crippen LogP contribution is -2.35. The Hall–Kier alpha value is -1.42. The standard InChI is InChI=1S/C17H23N3S/c1-21-17(8-3-2-4-9-17)12-20-15-6-5-13-11-19-10-7-14(13)16(15)18/h5-7,10-11,20H,2-4,8-9,12,18H2,1H3. The van der Waals surface area contributed by atoms with E-state index in [-0.39, 0.29) is 0 Å². The van der Waals surface area contributed by atoms with Crippen LogP contribution in [-0.4, -0.2) is 22.5 Å². The Morgan fingerprint density at radius 1 is 1.24 bits per heavy atom. The zero-order valence-electron chi connectivity index (χ0n) is 12.6. The van der Waals surface area contributed by atoms with Crippen molar-refractivity contribution in [2.75, 3.05) is 23.9 Å². The van der Waals surface area contributed by atoms with Crippen LogP contribution >= 0.6 is 11.8 Å². The lowest BCUT2D eigenvalue weighted by Gasteiger charge is -2.36. The van der Waals surface area contributed by atoms with Crippen molar-refractivity contribution in [3.05, 3.63) is 30.6 Å². The van der Waals surface area contributed by atoms with Crippen molar-refractivity contribution >= 4 is 33.9 Å². The number of nitrogens with zero attached hydrogens (tertiary/aromatic N) is 1. The molecule has 1 fully saturated rings. The van der Waals surface area contributed by atoms with Crippen molar-refractivity contribution < 1.29 is 0 Å². The zero-order valence-corrected chi connectivity index (χ0v) is 13.4. The number of rotatable bonds is 4. The number of hydrogen-bond donors (Lipinski definition) is 2. The highest BCUT2D eigenvalue weighted by Gasteiger charge is 2.30. The molecule has 21 heavy (non-hydrogen) atoms. The number of anilines is 2. The lowest BCUT2D eigenvalue weighted by atomic mass is 9.88. The fourth-order valence-electron chi connectivity index (χ4n) is 3.25. The van der Waals surface area contributed by atoms with Crippen LogP contribution in [0.25, 0.3) is 10.8 Å². The summed E-state index contributed by atoms with van der Waals surface area (Å²) in [6.07, 6.45) is 12.6. The highest BCUT2D eigenvalue weighted by atomic mass is 32.2. The molecule has 0 atom stereocenters. The van der Waals surface area contributed by atoms with E-state index in [1.165, 1.54) is 32.1 Å². The molecule has 0 spiro atoms. The average Bonchev–Trinajstić information content (AvgIpc) is 2.55. The van der Waals surface area contributed by atoms with Crippen LogP contribution < -0.4 is 11.1 Å². The minimum absolute atomic E-state index is 0.373. The molecule has 0 radical (unpaired) electrons. The first-order valence-corrected chi connectivity index (χ1v) is 8.88. The molecule has 2 aromatic rings. The number of thioether (sulfide) groups is 1. The minimum atomic E-state index is 0.373. The molecule has 1 aromatic carbocycles. The quantitative estimate of drug-likeness (QED) is 0.827. The van der Waals surface area contributed by atoms with Crippen molar-refractivity contribution in [3.8, 4) is 0 Å². The summed E-state index contributed by atoms with van der Waals surface area (Å²) in [7, 11) is 0. The van der Waals surface area contributed by atoms with Gasteiger partial charge in [0.15, 0.2) is 0 Å². The summed E-state index contributed by atoms with van der Waals surface area (Å²) >= 11 is 2.01. The monoisotopic (exact) mass is 301 g/mol. The van der Waals surface area contributed by atoms with Crippen LogP contribution in [0.15, 0.2) is 30.6 Å². The average molecular weight is 301 g/mol. The van der Waals surface area contributed by atoms with Crippen LogP contribution in [0.3, 0.4) is 0 Å². The normalized spacial score (nSPS) is 17.8. The van der Waals surface area contributed by atoms with E-state index in [9.17, 15) is 0 Å². The molecule has 3 rings (SSSR count). The van der Waals surface area contributed by atoms with Crippen molar-refractivity contribution in [2.24, 2.45) is 0 Å². The summed E-state index contributed by atoms with van der Waals surface area (Å²) < 4.78 is 0.373. The summed E-state index contributed by atoms with van der Waals surface area (Å²) in [6, 6.07) is 6.16. The third-order valence-electron chi connectivity index (χ3n) is 4.66. The van der Waals surface area contributed by atoms with Crippen LogP contribution in [0, 0.1) is 0 Å². The van der Waals surface area contributed by atoms with Gasteiger partial charge in [0, 0.05) is 34.5 Å². The highest BCUT2D eigenvalue weighted by Crippen LogP contribution is 2.39. The van der Waals surface area contributed by atoms with Gasteiger partial charge < -0.3 is 11.1 Å². The van der Waals surface area contributed by atoms with E-state index in [0.717, 1.165) is 28.7 Å². The molecule has 3 nitrogen and oxygen atoms in total. The van der Waals surface area contributed by atoms with E-state index >= 15 is 0 Å². The van der Waals surface area contributed by atoms with E-state index in [4.69, 9.17) is 5.73 Å². The summed E-state index contributed by atoms with van der Waals surface area (Å²) in [5.74, 6) is 0. The molecule has 4 heteroatoms. The molecule has 1 heterocycles. The molecule has 1 aliphatic rings. The zero-order chi connectivity index (χ0) is 14.7. The lowest BCUT2D eigenvalue weighted by molar-refractivity contribution is 0.411. The second-order valence-electron chi connectivity index (χ2n) is 5.92. The number of pyridine rings is 1. The van der Waals surface area contributed by atoms with Gasteiger partial charge in [-0.1, -0.05) is 25.3 Å². The number of nitrogens with one attached hydrogen (secondary N) is 1. The summed E-state index contributed by atoms with van der Waals surface area (Å²) in [5.41, 5.74) is 8.21. The van der Waals surface area contributed by atoms with Crippen LogP contribution in [-0.2, 0) is 0 Å². The van der Waals surface area contributed by atoms with Crippen LogP contribution in [0.4, 0.5) is 11.4 Å². The predicted octanol–water partition coefficient (Wildman–Crippen LogP) is 4.29. The molecule has 3 N–H and O–H groups in total. The van der Waals surface area contributed by atoms with Gasteiger partial charge in [0.05, 0.1) is 11.4 Å². The minimum Gasteiger partial charge on any atom is -0.397 e. The van der Waals surface area contributed by atoms with Gasteiger partial charge in [0.2, 0.25) is 0 Å². The Morgan fingerprint density at radius 3 is 2.81 bits per heavy atom. The molecular formula is C17H23N3S. The maximum Gasteiger partial charge on any atom is 0.0630 e. The molecule has 0 saturated heterocycles. The summed E-state index contributed by atoms with van der Waals surface area (Å²) in [5, 5.41) is 5.78. The largest absolute Gasteiger partial charge is 0.397 e. The summed E-state index contributed by atoms with van der Waals surface area (Å²) in [6.45, 7) is 0.995. The molecule has 1 saturated carbocycles. The fraction of sp³-hybridized carbons (Fsp3) is 0.471. The number of nitrogens with two attached hydrogens (primary N) is 1. The van der Waals surface area contributed by atoms with Crippen LogP contribution in [0.2, 0.25) is 0 Å². The Bertz CT molecular complexity index is 620. The molecule has 0 amide bonds. The Balaban J connectivity index is 1.80. The van der Waals surface area contributed by atoms with Gasteiger partial charge in [0.1, 0.15) is 0 Å². The molecule has 0 unspecified atom stereocenters. The van der Waals surface area contributed by atoms with Gasteiger partial charge in [-0.2, -0.15) is 11.8 Å². The number of benzene rings is 1. The molecule has 0 aliphatic heterocycles. The van der Waals surface area contributed by atoms with E-state index in [2.05, 4.69) is 28.7 Å². The third-order valence-corrected chi connectivity index (χ3v) is 6.08. The maximum absolute atomic E-state index is 6.32. The third kappa shape index (κ3) is 2.95. The topological polar surface area (TPSA) is 50.9 Å². The van der Waals surface area contributed by atoms with Gasteiger partial charge in [-0.3, -0.25) is 4.98 Å². The van der Waals surface area contributed by atoms with Crippen LogP contribution in [0.1, 0.15) is 32.1 Å². The van der Waals surface area contributed by atoms with Gasteiger partial charge in [-0.05, 0) is 31.2 Å². The maximum atomic E-state index is 6.32. The molecule has 0 bridgehead atoms. The van der Waals surface area contributed by atoms with Gasteiger partial charge in [0.25, 0.3) is 0 Å². The highest BCUT2D eigenvalue weighted by molar-refractivity contribution is 8.00. The molecule has 112 valence electrons. The smallest absolute Gasteiger partial charge is 0.0630 e. The first kappa shape index (κ1) is 14.5. The van der Waals surface area contributed by atoms with Crippen molar-refractivity contribution in [1.82, 2.24) is 4.98 Å². The van der Waals surface area contributed by atoms with Crippen molar-refractivity contribution in [2.45, 2.75) is 36.9 Å². The molecular weight excluding hydrogens is 278 g/mol. The number of fused-ring (bicyclic) bond motifs is 1. The van der Waals surface area contributed by atoms with Crippen LogP contribution in [0.5, 0.6) is 0 Å². The van der Waals surface area contributed by atoms with E-state index in [1.54, 1.807) is 6.20 Å². The van der Waals surface area contributed by atoms with Gasteiger partial charge in [-0.15, -0.1) is 0 Å². The second kappa shape index (κ2) is 6.14. The SMILES string of the molecule is CSC1(CNc2ccc3cnccc3c2N)CCCCC1. The summed E-state index contributed by atoms with van der Waals surface area (Å²) in [4.78, 5) is 4.15. The van der Waals surface area contributed by atoms with Gasteiger partial charge >= 0.3 is 0 Å². The Labute approximate surface area is 130 Å². The van der Waals surface area contributed by atoms with Gasteiger partial charge in [-0.25, -0.2) is 0 Å². The Kier molecular flexibility index (Phi) is 4.24. The number of aromatic nitrogens is 1. The first-order valence-electron chi connectivity index (χ1n) is 7.65. The van der Waals surface area contributed by atoms with E-state index < -0.39 is 0 Å². The van der Waals surface area contributed by atoms with Crippen molar-refractivity contribution in [1.29, 1.82) is 0 Å². The first-order chi connectivity index (χ1) is 10.2. The Morgan fingerprint density at radius 2 is 2.05 bits per heavy atom. The fourth-order valence-corrected chi connectivity index (χ4v) is 4.17. The predicted molar refractivity (Wildman–Crippen MR) is 94.0 cm³/mol.